The van der Waals surface area contributed by atoms with E-state index in [0.717, 1.165) is 19.3 Å². The first-order chi connectivity index (χ1) is 14.8. The summed E-state index contributed by atoms with van der Waals surface area (Å²) < 4.78 is 11.2. The summed E-state index contributed by atoms with van der Waals surface area (Å²) in [6.45, 7) is 6.76. The lowest BCUT2D eigenvalue weighted by atomic mass is 9.75. The molecule has 1 fully saturated rings. The number of hydrogen-bond donors (Lipinski definition) is 0. The molecule has 0 aliphatic heterocycles. The number of furan rings is 1. The van der Waals surface area contributed by atoms with E-state index in [9.17, 15) is 9.59 Å². The van der Waals surface area contributed by atoms with E-state index in [1.807, 2.05) is 0 Å². The summed E-state index contributed by atoms with van der Waals surface area (Å²) in [6, 6.07) is 10.5. The number of ether oxygens (including phenoxy) is 1. The maximum Gasteiger partial charge on any atom is 0.331 e. The number of esters is 1. The van der Waals surface area contributed by atoms with Crippen molar-refractivity contribution in [3.8, 4) is 0 Å². The third kappa shape index (κ3) is 6.47. The average molecular weight is 444 g/mol. The fraction of sp³-hybridized carbons (Fsp3) is 0.440. The van der Waals surface area contributed by atoms with Crippen LogP contribution in [-0.4, -0.2) is 18.0 Å². The molecule has 3 atom stereocenters. The van der Waals surface area contributed by atoms with Crippen LogP contribution in [0.1, 0.15) is 45.8 Å². The van der Waals surface area contributed by atoms with Crippen LogP contribution < -0.4 is 4.90 Å². The minimum atomic E-state index is -0.479. The molecule has 1 aliphatic rings. The van der Waals surface area contributed by atoms with Crippen LogP contribution in [0.3, 0.4) is 0 Å². The van der Waals surface area contributed by atoms with E-state index in [2.05, 4.69) is 20.8 Å². The molecule has 1 saturated carbocycles. The second-order valence-electron chi connectivity index (χ2n) is 8.61. The molecule has 3 rings (SSSR count). The zero-order valence-corrected chi connectivity index (χ0v) is 19.0. The SMILES string of the molecule is CC(C)[C@@H]1CC[C@@H](C)C[C@H]1OC(=O)/C=C/C(=O)N(Cc1ccco1)c1ccc(Cl)cc1. The van der Waals surface area contributed by atoms with E-state index >= 15 is 0 Å². The van der Waals surface area contributed by atoms with Crippen molar-refractivity contribution >= 4 is 29.2 Å². The van der Waals surface area contributed by atoms with Crippen LogP contribution in [0.15, 0.2) is 59.2 Å². The van der Waals surface area contributed by atoms with Crippen LogP contribution in [0.4, 0.5) is 5.69 Å². The Kier molecular flexibility index (Phi) is 7.97. The van der Waals surface area contributed by atoms with E-state index in [0.29, 0.717) is 34.2 Å². The van der Waals surface area contributed by atoms with E-state index in [4.69, 9.17) is 20.8 Å². The number of amides is 1. The van der Waals surface area contributed by atoms with Gasteiger partial charge in [0, 0.05) is 22.9 Å². The summed E-state index contributed by atoms with van der Waals surface area (Å²) in [5.74, 6) is 1.15. The van der Waals surface area contributed by atoms with Gasteiger partial charge in [-0.3, -0.25) is 4.79 Å². The van der Waals surface area contributed by atoms with Gasteiger partial charge in [-0.15, -0.1) is 0 Å². The summed E-state index contributed by atoms with van der Waals surface area (Å²) in [6.07, 6.45) is 7.03. The first-order valence-electron chi connectivity index (χ1n) is 10.8. The summed E-state index contributed by atoms with van der Waals surface area (Å²) >= 11 is 5.98. The molecule has 166 valence electrons. The van der Waals surface area contributed by atoms with Crippen LogP contribution >= 0.6 is 11.6 Å². The number of rotatable bonds is 7. The van der Waals surface area contributed by atoms with Crippen molar-refractivity contribution in [2.75, 3.05) is 4.90 Å². The van der Waals surface area contributed by atoms with Crippen molar-refractivity contribution in [1.82, 2.24) is 0 Å². The van der Waals surface area contributed by atoms with Gasteiger partial charge in [0.2, 0.25) is 0 Å². The van der Waals surface area contributed by atoms with Crippen LogP contribution in [0.5, 0.6) is 0 Å². The number of hydrogen-bond acceptors (Lipinski definition) is 4. The molecule has 1 aromatic heterocycles. The monoisotopic (exact) mass is 443 g/mol. The smallest absolute Gasteiger partial charge is 0.331 e. The standard InChI is InChI=1S/C25H30ClNO4/c1-17(2)22-11-6-18(3)15-23(22)31-25(29)13-12-24(28)27(16-21-5-4-14-30-21)20-9-7-19(26)8-10-20/h4-5,7-10,12-14,17-18,22-23H,6,11,15-16H2,1-3H3/b13-12+/t18-,22+,23-/m1/s1. The minimum absolute atomic E-state index is 0.105. The summed E-state index contributed by atoms with van der Waals surface area (Å²) in [5, 5.41) is 0.578. The molecule has 0 N–H and O–H groups in total. The fourth-order valence-corrected chi connectivity index (χ4v) is 4.27. The number of carbonyl (C=O) groups is 2. The lowest BCUT2D eigenvalue weighted by molar-refractivity contribution is -0.149. The van der Waals surface area contributed by atoms with Crippen LogP contribution in [0.25, 0.3) is 0 Å². The van der Waals surface area contributed by atoms with Crippen molar-refractivity contribution < 1.29 is 18.7 Å². The van der Waals surface area contributed by atoms with E-state index in [1.54, 1.807) is 42.7 Å². The third-order valence-electron chi connectivity index (χ3n) is 5.89. The highest BCUT2D eigenvalue weighted by molar-refractivity contribution is 6.30. The van der Waals surface area contributed by atoms with Gasteiger partial charge in [0.25, 0.3) is 5.91 Å². The van der Waals surface area contributed by atoms with Gasteiger partial charge in [0.05, 0.1) is 12.8 Å². The van der Waals surface area contributed by atoms with Crippen molar-refractivity contribution in [1.29, 1.82) is 0 Å². The molecule has 31 heavy (non-hydrogen) atoms. The maximum absolute atomic E-state index is 12.9. The lowest BCUT2D eigenvalue weighted by Gasteiger charge is -2.36. The summed E-state index contributed by atoms with van der Waals surface area (Å²) in [4.78, 5) is 27.0. The Labute approximate surface area is 189 Å². The summed E-state index contributed by atoms with van der Waals surface area (Å²) in [7, 11) is 0. The predicted molar refractivity (Wildman–Crippen MR) is 122 cm³/mol. The Balaban J connectivity index is 1.69. The van der Waals surface area contributed by atoms with Gasteiger partial charge in [0.15, 0.2) is 0 Å². The van der Waals surface area contributed by atoms with Crippen LogP contribution in [-0.2, 0) is 20.9 Å². The molecule has 1 aliphatic carbocycles. The molecule has 1 heterocycles. The molecule has 0 radical (unpaired) electrons. The zero-order chi connectivity index (χ0) is 22.4. The summed E-state index contributed by atoms with van der Waals surface area (Å²) in [5.41, 5.74) is 0.657. The molecule has 2 aromatic rings. The Morgan fingerprint density at radius 3 is 2.58 bits per heavy atom. The third-order valence-corrected chi connectivity index (χ3v) is 6.14. The molecule has 5 nitrogen and oxygen atoms in total. The molecule has 0 saturated heterocycles. The maximum atomic E-state index is 12.9. The lowest BCUT2D eigenvalue weighted by Crippen LogP contribution is -2.35. The quantitative estimate of drug-likeness (QED) is 0.387. The molecule has 0 spiro atoms. The van der Waals surface area contributed by atoms with Crippen molar-refractivity contribution in [2.45, 2.75) is 52.7 Å². The molecule has 1 aromatic carbocycles. The van der Waals surface area contributed by atoms with Gasteiger partial charge in [-0.25, -0.2) is 4.79 Å². The Bertz CT molecular complexity index is 889. The highest BCUT2D eigenvalue weighted by atomic mass is 35.5. The van der Waals surface area contributed by atoms with Gasteiger partial charge < -0.3 is 14.1 Å². The Hall–Kier alpha value is -2.53. The zero-order valence-electron chi connectivity index (χ0n) is 18.3. The number of halogens is 1. The highest BCUT2D eigenvalue weighted by Crippen LogP contribution is 2.35. The first-order valence-corrected chi connectivity index (χ1v) is 11.2. The number of anilines is 1. The fourth-order valence-electron chi connectivity index (χ4n) is 4.14. The highest BCUT2D eigenvalue weighted by Gasteiger charge is 2.33. The molecule has 1 amide bonds. The van der Waals surface area contributed by atoms with Gasteiger partial charge in [-0.05, 0) is 67.0 Å². The van der Waals surface area contributed by atoms with Gasteiger partial charge in [0.1, 0.15) is 11.9 Å². The number of carbonyl (C=O) groups excluding carboxylic acids is 2. The van der Waals surface area contributed by atoms with Crippen LogP contribution in [0, 0.1) is 17.8 Å². The Morgan fingerprint density at radius 1 is 1.19 bits per heavy atom. The van der Waals surface area contributed by atoms with E-state index in [1.165, 1.54) is 17.1 Å². The van der Waals surface area contributed by atoms with Crippen molar-refractivity contribution in [3.63, 3.8) is 0 Å². The number of nitrogens with zero attached hydrogens (tertiary/aromatic N) is 1. The average Bonchev–Trinajstić information content (AvgIpc) is 3.24. The normalized spacial score (nSPS) is 21.4. The minimum Gasteiger partial charge on any atom is -0.467 e. The number of benzene rings is 1. The first kappa shape index (κ1) is 23.1. The molecular weight excluding hydrogens is 414 g/mol. The largest absolute Gasteiger partial charge is 0.467 e. The van der Waals surface area contributed by atoms with Crippen LogP contribution in [0.2, 0.25) is 5.02 Å². The van der Waals surface area contributed by atoms with E-state index < -0.39 is 5.97 Å². The van der Waals surface area contributed by atoms with Gasteiger partial charge in [-0.2, -0.15) is 0 Å². The molecule has 0 bridgehead atoms. The molecular formula is C25H30ClNO4. The second-order valence-corrected chi connectivity index (χ2v) is 9.05. The molecule has 6 heteroatoms. The van der Waals surface area contributed by atoms with Crippen molar-refractivity contribution in [2.24, 2.45) is 17.8 Å². The van der Waals surface area contributed by atoms with E-state index in [-0.39, 0.29) is 18.6 Å². The van der Waals surface area contributed by atoms with Gasteiger partial charge >= 0.3 is 5.97 Å². The molecule has 0 unspecified atom stereocenters. The Morgan fingerprint density at radius 2 is 1.94 bits per heavy atom. The van der Waals surface area contributed by atoms with Gasteiger partial charge in [-0.1, -0.05) is 38.8 Å². The topological polar surface area (TPSA) is 59.8 Å². The van der Waals surface area contributed by atoms with Crippen molar-refractivity contribution in [3.05, 3.63) is 65.6 Å². The predicted octanol–water partition coefficient (Wildman–Crippen LogP) is 6.03. The second kappa shape index (κ2) is 10.7.